The van der Waals surface area contributed by atoms with Crippen molar-refractivity contribution >= 4 is 29.0 Å². The zero-order valence-corrected chi connectivity index (χ0v) is 14.0. The van der Waals surface area contributed by atoms with Crippen molar-refractivity contribution in [3.63, 3.8) is 0 Å². The summed E-state index contributed by atoms with van der Waals surface area (Å²) in [4.78, 5) is 18.0. The van der Waals surface area contributed by atoms with Gasteiger partial charge in [0.2, 0.25) is 5.91 Å². The number of rotatable bonds is 5. The largest absolute Gasteiger partial charge is 0.379 e. The molecular weight excluding hydrogens is 304 g/mol. The number of ether oxygens (including phenoxy) is 1. The fourth-order valence-electron chi connectivity index (χ4n) is 2.84. The van der Waals surface area contributed by atoms with Crippen LogP contribution in [0.4, 0.5) is 0 Å². The number of hydrogen-bond donors (Lipinski definition) is 0. The summed E-state index contributed by atoms with van der Waals surface area (Å²) in [6.07, 6.45) is 1.05. The van der Waals surface area contributed by atoms with Crippen LogP contribution in [0.15, 0.2) is 11.4 Å². The van der Waals surface area contributed by atoms with Crippen LogP contribution in [-0.2, 0) is 9.53 Å². The summed E-state index contributed by atoms with van der Waals surface area (Å²) in [6, 6.07) is 2.15. The Hall–Kier alpha value is -0.560. The summed E-state index contributed by atoms with van der Waals surface area (Å²) in [7, 11) is 0. The molecule has 0 spiro atoms. The van der Waals surface area contributed by atoms with Crippen LogP contribution in [0.3, 0.4) is 0 Å². The molecule has 21 heavy (non-hydrogen) atoms. The van der Waals surface area contributed by atoms with E-state index in [9.17, 15) is 4.79 Å². The fraction of sp³-hybridized carbons (Fsp3) is 0.667. The highest BCUT2D eigenvalue weighted by Crippen LogP contribution is 2.42. The lowest BCUT2D eigenvalue weighted by Gasteiger charge is -2.28. The predicted octanol–water partition coefficient (Wildman–Crippen LogP) is 2.35. The molecular formula is C15H22N2O2S2. The van der Waals surface area contributed by atoms with Crippen LogP contribution in [0.5, 0.6) is 0 Å². The molecule has 0 aromatic carbocycles. The first kappa shape index (κ1) is 15.3. The second-order valence-corrected chi connectivity index (χ2v) is 7.54. The molecule has 116 valence electrons. The molecule has 0 saturated carbocycles. The summed E-state index contributed by atoms with van der Waals surface area (Å²) in [6.45, 7) is 7.80. The topological polar surface area (TPSA) is 32.8 Å². The van der Waals surface area contributed by atoms with Crippen LogP contribution in [-0.4, -0.2) is 60.9 Å². The Balaban J connectivity index is 1.55. The van der Waals surface area contributed by atoms with Gasteiger partial charge in [-0.3, -0.25) is 9.69 Å². The third kappa shape index (κ3) is 3.62. The van der Waals surface area contributed by atoms with E-state index in [1.807, 2.05) is 0 Å². The van der Waals surface area contributed by atoms with Gasteiger partial charge in [-0.15, -0.1) is 23.1 Å². The van der Waals surface area contributed by atoms with Gasteiger partial charge in [0.15, 0.2) is 0 Å². The molecule has 3 heterocycles. The van der Waals surface area contributed by atoms with E-state index in [-0.39, 0.29) is 5.37 Å². The van der Waals surface area contributed by atoms with E-state index in [2.05, 4.69) is 28.2 Å². The number of carbonyl (C=O) groups is 1. The van der Waals surface area contributed by atoms with E-state index in [0.717, 1.165) is 45.8 Å². The number of carbonyl (C=O) groups excluding carboxylic acids is 1. The SMILES string of the molecule is Cc1ccsc1C1SCC(=O)N1CCCN1CCOCC1. The van der Waals surface area contributed by atoms with Crippen LogP contribution in [0.2, 0.25) is 0 Å². The number of thiophene rings is 1. The first-order valence-corrected chi connectivity index (χ1v) is 9.44. The standard InChI is InChI=1S/C15H22N2O2S2/c1-12-3-10-20-14(12)15-17(13(18)11-21-15)5-2-4-16-6-8-19-9-7-16/h3,10,15H,2,4-9,11H2,1H3. The monoisotopic (exact) mass is 326 g/mol. The van der Waals surface area contributed by atoms with Crippen molar-refractivity contribution in [1.82, 2.24) is 9.80 Å². The maximum Gasteiger partial charge on any atom is 0.233 e. The molecule has 1 amide bonds. The molecule has 0 radical (unpaired) electrons. The molecule has 2 aliphatic heterocycles. The predicted molar refractivity (Wildman–Crippen MR) is 87.8 cm³/mol. The molecule has 1 unspecified atom stereocenters. The normalized spacial score (nSPS) is 24.0. The van der Waals surface area contributed by atoms with Gasteiger partial charge in [0.05, 0.1) is 19.0 Å². The number of nitrogens with zero attached hydrogens (tertiary/aromatic N) is 2. The lowest BCUT2D eigenvalue weighted by Crippen LogP contribution is -2.38. The zero-order chi connectivity index (χ0) is 14.7. The fourth-order valence-corrected chi connectivity index (χ4v) is 5.33. The minimum absolute atomic E-state index is 0.238. The maximum atomic E-state index is 12.1. The second kappa shape index (κ2) is 7.13. The first-order valence-electron chi connectivity index (χ1n) is 7.51. The molecule has 4 nitrogen and oxygen atoms in total. The Labute approximate surface area is 134 Å². The van der Waals surface area contributed by atoms with Crippen molar-refractivity contribution in [2.75, 3.05) is 45.1 Å². The van der Waals surface area contributed by atoms with Gasteiger partial charge in [0, 0.05) is 31.1 Å². The molecule has 2 aliphatic rings. The Kier molecular flexibility index (Phi) is 5.21. The van der Waals surface area contributed by atoms with Crippen molar-refractivity contribution in [3.05, 3.63) is 21.9 Å². The lowest BCUT2D eigenvalue weighted by molar-refractivity contribution is -0.128. The molecule has 0 bridgehead atoms. The molecule has 3 rings (SSSR count). The van der Waals surface area contributed by atoms with Gasteiger partial charge < -0.3 is 9.64 Å². The van der Waals surface area contributed by atoms with Gasteiger partial charge >= 0.3 is 0 Å². The summed E-state index contributed by atoms with van der Waals surface area (Å²) in [5, 5.41) is 2.36. The van der Waals surface area contributed by atoms with Crippen LogP contribution < -0.4 is 0 Å². The summed E-state index contributed by atoms with van der Waals surface area (Å²) >= 11 is 3.54. The lowest BCUT2D eigenvalue weighted by atomic mass is 10.2. The summed E-state index contributed by atoms with van der Waals surface area (Å²) < 4.78 is 5.37. The molecule has 1 aromatic rings. The van der Waals surface area contributed by atoms with Crippen LogP contribution >= 0.6 is 23.1 Å². The van der Waals surface area contributed by atoms with Crippen LogP contribution in [0.25, 0.3) is 0 Å². The highest BCUT2D eigenvalue weighted by Gasteiger charge is 2.33. The van der Waals surface area contributed by atoms with Crippen molar-refractivity contribution < 1.29 is 9.53 Å². The second-order valence-electron chi connectivity index (χ2n) is 5.53. The molecule has 1 atom stereocenters. The minimum atomic E-state index is 0.238. The van der Waals surface area contributed by atoms with E-state index < -0.39 is 0 Å². The molecule has 2 saturated heterocycles. The van der Waals surface area contributed by atoms with E-state index >= 15 is 0 Å². The molecule has 1 aromatic heterocycles. The third-order valence-corrected chi connectivity index (χ3v) is 6.51. The van der Waals surface area contributed by atoms with Gasteiger partial charge in [-0.05, 0) is 30.4 Å². The van der Waals surface area contributed by atoms with Crippen molar-refractivity contribution in [1.29, 1.82) is 0 Å². The van der Waals surface area contributed by atoms with Crippen molar-refractivity contribution in [2.45, 2.75) is 18.7 Å². The Morgan fingerprint density at radius 1 is 1.33 bits per heavy atom. The maximum absolute atomic E-state index is 12.1. The van der Waals surface area contributed by atoms with E-state index in [1.54, 1.807) is 23.1 Å². The molecule has 0 aliphatic carbocycles. The van der Waals surface area contributed by atoms with E-state index in [1.165, 1.54) is 10.4 Å². The van der Waals surface area contributed by atoms with Gasteiger partial charge in [0.1, 0.15) is 5.37 Å². The minimum Gasteiger partial charge on any atom is -0.379 e. The highest BCUT2D eigenvalue weighted by atomic mass is 32.2. The Morgan fingerprint density at radius 2 is 2.14 bits per heavy atom. The Morgan fingerprint density at radius 3 is 2.86 bits per heavy atom. The van der Waals surface area contributed by atoms with Crippen molar-refractivity contribution in [3.8, 4) is 0 Å². The number of hydrogen-bond acceptors (Lipinski definition) is 5. The zero-order valence-electron chi connectivity index (χ0n) is 12.4. The number of thioether (sulfide) groups is 1. The Bertz CT molecular complexity index is 486. The van der Waals surface area contributed by atoms with Gasteiger partial charge in [0.25, 0.3) is 0 Å². The van der Waals surface area contributed by atoms with Crippen LogP contribution in [0.1, 0.15) is 22.2 Å². The molecule has 2 fully saturated rings. The molecule has 0 N–H and O–H groups in total. The van der Waals surface area contributed by atoms with Gasteiger partial charge in [-0.25, -0.2) is 0 Å². The number of morpholine rings is 1. The van der Waals surface area contributed by atoms with Crippen molar-refractivity contribution in [2.24, 2.45) is 0 Å². The van der Waals surface area contributed by atoms with Crippen LogP contribution in [0, 0.1) is 6.92 Å². The third-order valence-electron chi connectivity index (χ3n) is 4.07. The highest BCUT2D eigenvalue weighted by molar-refractivity contribution is 8.00. The quantitative estimate of drug-likeness (QED) is 0.831. The van der Waals surface area contributed by atoms with E-state index in [0.29, 0.717) is 11.7 Å². The van der Waals surface area contributed by atoms with Gasteiger partial charge in [-0.1, -0.05) is 0 Å². The smallest absolute Gasteiger partial charge is 0.233 e. The average Bonchev–Trinajstić information content (AvgIpc) is 3.07. The van der Waals surface area contributed by atoms with Gasteiger partial charge in [-0.2, -0.15) is 0 Å². The molecule has 6 heteroatoms. The summed E-state index contributed by atoms with van der Waals surface area (Å²) in [5.41, 5.74) is 1.31. The number of amides is 1. The average molecular weight is 326 g/mol. The van der Waals surface area contributed by atoms with E-state index in [4.69, 9.17) is 4.74 Å². The number of aryl methyl sites for hydroxylation is 1. The summed E-state index contributed by atoms with van der Waals surface area (Å²) in [5.74, 6) is 0.916. The first-order chi connectivity index (χ1) is 10.3.